The second kappa shape index (κ2) is 5.30. The van der Waals surface area contributed by atoms with Crippen LogP contribution in [0.5, 0.6) is 5.75 Å². The summed E-state index contributed by atoms with van der Waals surface area (Å²) in [7, 11) is 0. The maximum Gasteiger partial charge on any atom is 0.265 e. The Labute approximate surface area is 112 Å². The zero-order chi connectivity index (χ0) is 14.0. The first-order valence-electron chi connectivity index (χ1n) is 6.47. The number of benzene rings is 1. The Kier molecular flexibility index (Phi) is 3.74. The lowest BCUT2D eigenvalue weighted by molar-refractivity contribution is -0.122. The van der Waals surface area contributed by atoms with Crippen LogP contribution in [0.4, 0.5) is 5.69 Å². The maximum atomic E-state index is 12.2. The second-order valence-corrected chi connectivity index (χ2v) is 4.44. The van der Waals surface area contributed by atoms with Crippen LogP contribution in [-0.2, 0) is 4.79 Å². The van der Waals surface area contributed by atoms with Gasteiger partial charge in [0, 0.05) is 18.7 Å². The smallest absolute Gasteiger partial charge is 0.265 e. The number of anilines is 1. The van der Waals surface area contributed by atoms with Crippen molar-refractivity contribution in [2.75, 3.05) is 18.4 Å². The summed E-state index contributed by atoms with van der Waals surface area (Å²) in [5.41, 5.74) is 1.19. The van der Waals surface area contributed by atoms with E-state index in [1.165, 1.54) is 0 Å². The van der Waals surface area contributed by atoms with Gasteiger partial charge in [-0.1, -0.05) is 0 Å². The fourth-order valence-corrected chi connectivity index (χ4v) is 2.03. The fraction of sp³-hybridized carbons (Fsp3) is 0.429. The van der Waals surface area contributed by atoms with E-state index in [9.17, 15) is 9.59 Å². The molecule has 2 rings (SSSR count). The molecule has 5 heteroatoms. The third-order valence-electron chi connectivity index (χ3n) is 3.21. The van der Waals surface area contributed by atoms with Crippen LogP contribution in [0.2, 0.25) is 0 Å². The summed E-state index contributed by atoms with van der Waals surface area (Å²) in [5.74, 6) is 0.348. The molecule has 0 saturated carbocycles. The summed E-state index contributed by atoms with van der Waals surface area (Å²) in [4.78, 5) is 25.4. The van der Waals surface area contributed by atoms with Gasteiger partial charge in [0.05, 0.1) is 5.69 Å². The SMILES string of the molecule is CCN(CC)C(=O)c1ccc2c(c1)OC(C)C(=O)N2. The molecule has 1 aromatic rings. The molecular formula is C14H18N2O3. The predicted octanol–water partition coefficient (Wildman–Crippen LogP) is 1.89. The third kappa shape index (κ3) is 2.54. The largest absolute Gasteiger partial charge is 0.479 e. The normalized spacial score (nSPS) is 17.2. The zero-order valence-corrected chi connectivity index (χ0v) is 11.4. The Morgan fingerprint density at radius 2 is 2.05 bits per heavy atom. The maximum absolute atomic E-state index is 12.2. The van der Waals surface area contributed by atoms with Gasteiger partial charge in [0.2, 0.25) is 0 Å². The molecule has 1 aliphatic rings. The first kappa shape index (κ1) is 13.4. The topological polar surface area (TPSA) is 58.6 Å². The number of hydrogen-bond acceptors (Lipinski definition) is 3. The molecule has 1 atom stereocenters. The Morgan fingerprint density at radius 1 is 1.37 bits per heavy atom. The molecule has 1 N–H and O–H groups in total. The van der Waals surface area contributed by atoms with Gasteiger partial charge in [-0.05, 0) is 39.0 Å². The Morgan fingerprint density at radius 3 is 2.68 bits per heavy atom. The highest BCUT2D eigenvalue weighted by Gasteiger charge is 2.24. The van der Waals surface area contributed by atoms with E-state index in [0.717, 1.165) is 0 Å². The summed E-state index contributed by atoms with van der Waals surface area (Å²) in [5, 5.41) is 2.74. The van der Waals surface area contributed by atoms with Crippen molar-refractivity contribution in [1.29, 1.82) is 0 Å². The van der Waals surface area contributed by atoms with Gasteiger partial charge in [-0.25, -0.2) is 0 Å². The van der Waals surface area contributed by atoms with Crippen LogP contribution < -0.4 is 10.1 Å². The van der Waals surface area contributed by atoms with E-state index in [1.807, 2.05) is 13.8 Å². The third-order valence-corrected chi connectivity index (χ3v) is 3.21. The van der Waals surface area contributed by atoms with Gasteiger partial charge in [-0.15, -0.1) is 0 Å². The van der Waals surface area contributed by atoms with E-state index < -0.39 is 6.10 Å². The molecule has 19 heavy (non-hydrogen) atoms. The number of carbonyl (C=O) groups is 2. The average molecular weight is 262 g/mol. The fourth-order valence-electron chi connectivity index (χ4n) is 2.03. The molecule has 0 aliphatic carbocycles. The quantitative estimate of drug-likeness (QED) is 0.905. The van der Waals surface area contributed by atoms with E-state index in [1.54, 1.807) is 30.0 Å². The van der Waals surface area contributed by atoms with Crippen molar-refractivity contribution in [2.24, 2.45) is 0 Å². The highest BCUT2D eigenvalue weighted by molar-refractivity contribution is 6.00. The molecule has 0 bridgehead atoms. The summed E-state index contributed by atoms with van der Waals surface area (Å²) in [6.45, 7) is 6.90. The molecule has 1 aromatic carbocycles. The van der Waals surface area contributed by atoms with Crippen LogP contribution in [0, 0.1) is 0 Å². The van der Waals surface area contributed by atoms with Crippen LogP contribution in [0.1, 0.15) is 31.1 Å². The lowest BCUT2D eigenvalue weighted by Gasteiger charge is -2.24. The van der Waals surface area contributed by atoms with Crippen LogP contribution in [-0.4, -0.2) is 35.9 Å². The molecule has 1 heterocycles. The van der Waals surface area contributed by atoms with Crippen molar-refractivity contribution in [3.05, 3.63) is 23.8 Å². The highest BCUT2D eigenvalue weighted by atomic mass is 16.5. The monoisotopic (exact) mass is 262 g/mol. The molecule has 0 fully saturated rings. The molecular weight excluding hydrogens is 244 g/mol. The van der Waals surface area contributed by atoms with Gasteiger partial charge in [0.15, 0.2) is 6.10 Å². The van der Waals surface area contributed by atoms with Gasteiger partial charge in [-0.3, -0.25) is 9.59 Å². The van der Waals surface area contributed by atoms with Crippen molar-refractivity contribution in [2.45, 2.75) is 26.9 Å². The number of nitrogens with zero attached hydrogens (tertiary/aromatic N) is 1. The molecule has 1 aliphatic heterocycles. The average Bonchev–Trinajstić information content (AvgIpc) is 2.41. The number of carbonyl (C=O) groups excluding carboxylic acids is 2. The Bertz CT molecular complexity index is 509. The van der Waals surface area contributed by atoms with Crippen molar-refractivity contribution in [1.82, 2.24) is 4.90 Å². The minimum atomic E-state index is -0.536. The van der Waals surface area contributed by atoms with Gasteiger partial charge < -0.3 is 15.0 Å². The molecule has 1 unspecified atom stereocenters. The van der Waals surface area contributed by atoms with Crippen molar-refractivity contribution in [3.63, 3.8) is 0 Å². The van der Waals surface area contributed by atoms with E-state index in [2.05, 4.69) is 5.32 Å². The first-order chi connectivity index (χ1) is 9.06. The van der Waals surface area contributed by atoms with Crippen LogP contribution in [0.25, 0.3) is 0 Å². The van der Waals surface area contributed by atoms with Gasteiger partial charge in [0.25, 0.3) is 11.8 Å². The number of ether oxygens (including phenoxy) is 1. The van der Waals surface area contributed by atoms with Gasteiger partial charge in [-0.2, -0.15) is 0 Å². The first-order valence-corrected chi connectivity index (χ1v) is 6.47. The summed E-state index contributed by atoms with van der Waals surface area (Å²) >= 11 is 0. The summed E-state index contributed by atoms with van der Waals surface area (Å²) in [6.07, 6.45) is -0.536. The summed E-state index contributed by atoms with van der Waals surface area (Å²) < 4.78 is 5.50. The highest BCUT2D eigenvalue weighted by Crippen LogP contribution is 2.30. The van der Waals surface area contributed by atoms with E-state index in [4.69, 9.17) is 4.74 Å². The molecule has 2 amide bonds. The number of nitrogens with one attached hydrogen (secondary N) is 1. The molecule has 0 saturated heterocycles. The number of hydrogen-bond donors (Lipinski definition) is 1. The number of fused-ring (bicyclic) bond motifs is 1. The summed E-state index contributed by atoms with van der Waals surface area (Å²) in [6, 6.07) is 5.10. The Hall–Kier alpha value is -2.04. The van der Waals surface area contributed by atoms with E-state index in [0.29, 0.717) is 30.1 Å². The Balaban J connectivity index is 2.29. The van der Waals surface area contributed by atoms with E-state index >= 15 is 0 Å². The molecule has 102 valence electrons. The molecule has 0 radical (unpaired) electrons. The standard InChI is InChI=1S/C14H18N2O3/c1-4-16(5-2)14(18)10-6-7-11-12(8-10)19-9(3)13(17)15-11/h6-9H,4-5H2,1-3H3,(H,15,17). The lowest BCUT2D eigenvalue weighted by atomic mass is 10.1. The lowest BCUT2D eigenvalue weighted by Crippen LogP contribution is -2.35. The minimum Gasteiger partial charge on any atom is -0.479 e. The van der Waals surface area contributed by atoms with Crippen molar-refractivity contribution < 1.29 is 14.3 Å². The van der Waals surface area contributed by atoms with Gasteiger partial charge in [0.1, 0.15) is 5.75 Å². The molecule has 0 aromatic heterocycles. The zero-order valence-electron chi connectivity index (χ0n) is 11.4. The molecule has 5 nitrogen and oxygen atoms in total. The second-order valence-electron chi connectivity index (χ2n) is 4.44. The van der Waals surface area contributed by atoms with E-state index in [-0.39, 0.29) is 11.8 Å². The van der Waals surface area contributed by atoms with Crippen LogP contribution in [0.3, 0.4) is 0 Å². The van der Waals surface area contributed by atoms with Crippen molar-refractivity contribution >= 4 is 17.5 Å². The number of amides is 2. The van der Waals surface area contributed by atoms with Crippen molar-refractivity contribution in [3.8, 4) is 5.75 Å². The van der Waals surface area contributed by atoms with Gasteiger partial charge >= 0.3 is 0 Å². The minimum absolute atomic E-state index is 0.0269. The number of rotatable bonds is 3. The predicted molar refractivity (Wildman–Crippen MR) is 72.4 cm³/mol. The molecule has 0 spiro atoms. The van der Waals surface area contributed by atoms with Crippen LogP contribution in [0.15, 0.2) is 18.2 Å². The van der Waals surface area contributed by atoms with Crippen LogP contribution >= 0.6 is 0 Å².